The molecule has 0 spiro atoms. The van der Waals surface area contributed by atoms with E-state index in [0.717, 1.165) is 11.4 Å². The molecule has 1 aromatic heterocycles. The smallest absolute Gasteiger partial charge is 0.314 e. The molecule has 0 saturated carbocycles. The molecule has 3 N–H and O–H groups in total. The monoisotopic (exact) mass is 299 g/mol. The van der Waals surface area contributed by atoms with Crippen LogP contribution in [-0.2, 0) is 6.42 Å². The number of aromatic nitrogens is 1. The quantitative estimate of drug-likeness (QED) is 0.722. The summed E-state index contributed by atoms with van der Waals surface area (Å²) in [6.07, 6.45) is 2.90. The zero-order valence-electron chi connectivity index (χ0n) is 12.7. The number of nitrogens with one attached hydrogen (secondary N) is 2. The van der Waals surface area contributed by atoms with Crippen LogP contribution in [0, 0.1) is 12.3 Å². The molecule has 1 unspecified atom stereocenters. The first-order chi connectivity index (χ1) is 9.28. The molecule has 0 aliphatic carbocycles. The van der Waals surface area contributed by atoms with Crippen LogP contribution in [0.5, 0.6) is 0 Å². The molecule has 0 bridgehead atoms. The summed E-state index contributed by atoms with van der Waals surface area (Å²) in [6.45, 7) is 8.95. The Morgan fingerprint density at radius 2 is 2.20 bits per heavy atom. The fourth-order valence-electron chi connectivity index (χ4n) is 2.05. The largest absolute Gasteiger partial charge is 0.393 e. The molecule has 20 heavy (non-hydrogen) atoms. The van der Waals surface area contributed by atoms with Crippen LogP contribution < -0.4 is 10.6 Å². The Morgan fingerprint density at radius 3 is 2.75 bits per heavy atom. The van der Waals surface area contributed by atoms with Crippen LogP contribution in [0.2, 0.25) is 0 Å². The van der Waals surface area contributed by atoms with Gasteiger partial charge in [-0.1, -0.05) is 13.8 Å². The lowest BCUT2D eigenvalue weighted by Gasteiger charge is -2.26. The molecular weight excluding hydrogens is 274 g/mol. The van der Waals surface area contributed by atoms with E-state index in [4.69, 9.17) is 0 Å². The Bertz CT molecular complexity index is 430. The zero-order chi connectivity index (χ0) is 15.2. The predicted octanol–water partition coefficient (Wildman–Crippen LogP) is 2.09. The number of hydrogen-bond acceptors (Lipinski definition) is 4. The topological polar surface area (TPSA) is 74.2 Å². The molecule has 0 aliphatic heterocycles. The lowest BCUT2D eigenvalue weighted by molar-refractivity contribution is 0.129. The van der Waals surface area contributed by atoms with Gasteiger partial charge in [0, 0.05) is 30.6 Å². The van der Waals surface area contributed by atoms with Crippen molar-refractivity contribution in [1.29, 1.82) is 0 Å². The molecule has 5 nitrogen and oxygen atoms in total. The van der Waals surface area contributed by atoms with Gasteiger partial charge in [0.15, 0.2) is 0 Å². The standard InChI is InChI=1S/C14H25N3O2S/c1-10(18)7-14(3,4)9-17-13(19)15-6-5-12-16-8-11(2)20-12/h8,10,18H,5-7,9H2,1-4H3,(H2,15,17,19). The Balaban J connectivity index is 2.20. The van der Waals surface area contributed by atoms with Crippen molar-refractivity contribution in [3.05, 3.63) is 16.1 Å². The van der Waals surface area contributed by atoms with Crippen molar-refractivity contribution in [2.75, 3.05) is 13.1 Å². The average Bonchev–Trinajstić information content (AvgIpc) is 2.71. The highest BCUT2D eigenvalue weighted by Crippen LogP contribution is 2.20. The summed E-state index contributed by atoms with van der Waals surface area (Å²) in [5.74, 6) is 0. The second-order valence-corrected chi connectivity index (χ2v) is 7.26. The summed E-state index contributed by atoms with van der Waals surface area (Å²) in [6, 6.07) is -0.169. The van der Waals surface area contributed by atoms with E-state index in [1.165, 1.54) is 4.88 Å². The first kappa shape index (κ1) is 16.9. The maximum absolute atomic E-state index is 11.7. The molecular formula is C14H25N3O2S. The Morgan fingerprint density at radius 1 is 1.50 bits per heavy atom. The number of carbonyl (C=O) groups is 1. The van der Waals surface area contributed by atoms with Crippen molar-refractivity contribution in [3.8, 4) is 0 Å². The molecule has 0 fully saturated rings. The van der Waals surface area contributed by atoms with Crippen molar-refractivity contribution >= 4 is 17.4 Å². The van der Waals surface area contributed by atoms with Gasteiger partial charge in [0.05, 0.1) is 11.1 Å². The summed E-state index contributed by atoms with van der Waals surface area (Å²) in [4.78, 5) is 17.1. The van der Waals surface area contributed by atoms with Crippen LogP contribution in [0.1, 0.15) is 37.1 Å². The number of rotatable bonds is 7. The van der Waals surface area contributed by atoms with Crippen LogP contribution in [0.15, 0.2) is 6.20 Å². The van der Waals surface area contributed by atoms with Gasteiger partial charge >= 0.3 is 6.03 Å². The number of aryl methyl sites for hydroxylation is 1. The number of thiazole rings is 1. The normalized spacial score (nSPS) is 13.1. The van der Waals surface area contributed by atoms with E-state index in [-0.39, 0.29) is 17.6 Å². The van der Waals surface area contributed by atoms with E-state index >= 15 is 0 Å². The first-order valence-electron chi connectivity index (χ1n) is 6.89. The fraction of sp³-hybridized carbons (Fsp3) is 0.714. The van der Waals surface area contributed by atoms with E-state index < -0.39 is 0 Å². The molecule has 1 atom stereocenters. The van der Waals surface area contributed by atoms with Crippen molar-refractivity contribution < 1.29 is 9.90 Å². The predicted molar refractivity (Wildman–Crippen MR) is 82.0 cm³/mol. The third-order valence-corrected chi connectivity index (χ3v) is 3.84. The molecule has 0 radical (unpaired) electrons. The van der Waals surface area contributed by atoms with E-state index in [0.29, 0.717) is 19.5 Å². The highest BCUT2D eigenvalue weighted by molar-refractivity contribution is 7.11. The first-order valence-corrected chi connectivity index (χ1v) is 7.71. The summed E-state index contributed by atoms with van der Waals surface area (Å²) in [5.41, 5.74) is -0.113. The Kier molecular flexibility index (Phi) is 6.42. The van der Waals surface area contributed by atoms with Crippen LogP contribution in [0.25, 0.3) is 0 Å². The van der Waals surface area contributed by atoms with Crippen molar-refractivity contribution in [2.45, 2.75) is 46.6 Å². The van der Waals surface area contributed by atoms with Gasteiger partial charge in [-0.3, -0.25) is 0 Å². The highest BCUT2D eigenvalue weighted by Gasteiger charge is 2.20. The molecule has 0 aromatic carbocycles. The second kappa shape index (κ2) is 7.59. The van der Waals surface area contributed by atoms with Gasteiger partial charge in [-0.25, -0.2) is 9.78 Å². The van der Waals surface area contributed by atoms with Crippen molar-refractivity contribution in [2.24, 2.45) is 5.41 Å². The maximum atomic E-state index is 11.7. The molecule has 114 valence electrons. The van der Waals surface area contributed by atoms with Crippen molar-refractivity contribution in [3.63, 3.8) is 0 Å². The highest BCUT2D eigenvalue weighted by atomic mass is 32.1. The number of amides is 2. The van der Waals surface area contributed by atoms with Crippen LogP contribution in [0.3, 0.4) is 0 Å². The summed E-state index contributed by atoms with van der Waals surface area (Å²) in [7, 11) is 0. The van der Waals surface area contributed by atoms with Crippen LogP contribution in [-0.4, -0.2) is 35.3 Å². The molecule has 0 aliphatic rings. The second-order valence-electron chi connectivity index (χ2n) is 5.94. The van der Waals surface area contributed by atoms with Gasteiger partial charge < -0.3 is 15.7 Å². The summed E-state index contributed by atoms with van der Waals surface area (Å²) < 4.78 is 0. The molecule has 1 heterocycles. The van der Waals surface area contributed by atoms with E-state index in [9.17, 15) is 9.90 Å². The number of hydrogen-bond donors (Lipinski definition) is 3. The molecule has 0 saturated heterocycles. The van der Waals surface area contributed by atoms with Crippen LogP contribution in [0.4, 0.5) is 4.79 Å². The Labute approximate surface area is 124 Å². The third-order valence-electron chi connectivity index (χ3n) is 2.87. The maximum Gasteiger partial charge on any atom is 0.314 e. The minimum atomic E-state index is -0.358. The molecule has 1 aromatic rings. The lowest BCUT2D eigenvalue weighted by Crippen LogP contribution is -2.42. The number of aliphatic hydroxyl groups excluding tert-OH is 1. The molecule has 6 heteroatoms. The van der Waals surface area contributed by atoms with Gasteiger partial charge in [-0.05, 0) is 25.7 Å². The van der Waals surface area contributed by atoms with Gasteiger partial charge in [0.2, 0.25) is 0 Å². The number of nitrogens with zero attached hydrogens (tertiary/aromatic N) is 1. The number of aliphatic hydroxyl groups is 1. The molecule has 1 rings (SSSR count). The minimum Gasteiger partial charge on any atom is -0.393 e. The van der Waals surface area contributed by atoms with Gasteiger partial charge in [0.1, 0.15) is 0 Å². The summed E-state index contributed by atoms with van der Waals surface area (Å²) in [5, 5.41) is 16.1. The van der Waals surface area contributed by atoms with E-state index in [1.807, 2.05) is 27.0 Å². The number of urea groups is 1. The van der Waals surface area contributed by atoms with E-state index in [1.54, 1.807) is 18.3 Å². The van der Waals surface area contributed by atoms with E-state index in [2.05, 4.69) is 15.6 Å². The SMILES string of the molecule is Cc1cnc(CCNC(=O)NCC(C)(C)CC(C)O)s1. The molecule has 2 amide bonds. The lowest BCUT2D eigenvalue weighted by atomic mass is 9.87. The average molecular weight is 299 g/mol. The van der Waals surface area contributed by atoms with Crippen LogP contribution >= 0.6 is 11.3 Å². The fourth-order valence-corrected chi connectivity index (χ4v) is 2.84. The van der Waals surface area contributed by atoms with Gasteiger partial charge in [-0.15, -0.1) is 11.3 Å². The third kappa shape index (κ3) is 6.86. The Hall–Kier alpha value is -1.14. The zero-order valence-corrected chi connectivity index (χ0v) is 13.5. The number of carbonyl (C=O) groups excluding carboxylic acids is 1. The van der Waals surface area contributed by atoms with Crippen molar-refractivity contribution in [1.82, 2.24) is 15.6 Å². The van der Waals surface area contributed by atoms with Gasteiger partial charge in [-0.2, -0.15) is 0 Å². The van der Waals surface area contributed by atoms with Gasteiger partial charge in [0.25, 0.3) is 0 Å². The minimum absolute atomic E-state index is 0.113. The summed E-state index contributed by atoms with van der Waals surface area (Å²) >= 11 is 1.65.